The first-order valence-electron chi connectivity index (χ1n) is 8.42. The molecular formula is C18H28Cl3N3O. The summed E-state index contributed by atoms with van der Waals surface area (Å²) in [6, 6.07) is 7.39. The second kappa shape index (κ2) is 9.43. The number of piperidine rings is 1. The summed E-state index contributed by atoms with van der Waals surface area (Å²) >= 11 is 6.12. The molecule has 2 aliphatic heterocycles. The summed E-state index contributed by atoms with van der Waals surface area (Å²) < 4.78 is 0. The number of likely N-dealkylation sites (N-methyl/N-ethyl adjacent to an activating group) is 1. The first-order valence-corrected chi connectivity index (χ1v) is 8.80. The summed E-state index contributed by atoms with van der Waals surface area (Å²) in [7, 11) is 3.91. The fourth-order valence-electron chi connectivity index (χ4n) is 3.93. The minimum Gasteiger partial charge on any atom is -0.341 e. The third kappa shape index (κ3) is 5.01. The van der Waals surface area contributed by atoms with Crippen molar-refractivity contribution in [1.82, 2.24) is 15.1 Å². The average molecular weight is 409 g/mol. The van der Waals surface area contributed by atoms with Crippen LogP contribution in [0.1, 0.15) is 30.9 Å². The number of rotatable bonds is 3. The lowest BCUT2D eigenvalue weighted by Gasteiger charge is -2.41. The number of amides is 1. The molecule has 1 aromatic rings. The van der Waals surface area contributed by atoms with Gasteiger partial charge in [-0.2, -0.15) is 0 Å². The Balaban J connectivity index is 0.00000156. The molecular weight excluding hydrogens is 381 g/mol. The Kier molecular flexibility index (Phi) is 8.49. The number of hydrogen-bond donors (Lipinski definition) is 1. The number of halogens is 3. The Labute approximate surface area is 168 Å². The van der Waals surface area contributed by atoms with Gasteiger partial charge in [-0.25, -0.2) is 0 Å². The van der Waals surface area contributed by atoms with E-state index >= 15 is 0 Å². The quantitative estimate of drug-likeness (QED) is 0.832. The van der Waals surface area contributed by atoms with E-state index in [9.17, 15) is 4.79 Å². The second-order valence-corrected chi connectivity index (χ2v) is 7.61. The lowest BCUT2D eigenvalue weighted by Crippen LogP contribution is -2.47. The third-order valence-corrected chi connectivity index (χ3v) is 5.62. The minimum atomic E-state index is -0.260. The van der Waals surface area contributed by atoms with E-state index in [0.29, 0.717) is 10.4 Å². The number of hydrogen-bond acceptors (Lipinski definition) is 3. The molecule has 0 aliphatic carbocycles. The van der Waals surface area contributed by atoms with E-state index in [1.807, 2.05) is 48.2 Å². The topological polar surface area (TPSA) is 35.6 Å². The molecule has 0 bridgehead atoms. The predicted octanol–water partition coefficient (Wildman–Crippen LogP) is 3.39. The summed E-state index contributed by atoms with van der Waals surface area (Å²) in [5, 5.41) is 4.15. The van der Waals surface area contributed by atoms with Crippen LogP contribution in [0.5, 0.6) is 0 Å². The Bertz CT molecular complexity index is 566. The number of nitrogens with one attached hydrogen (secondary N) is 1. The van der Waals surface area contributed by atoms with Crippen LogP contribution < -0.4 is 5.32 Å². The highest BCUT2D eigenvalue weighted by atomic mass is 35.5. The van der Waals surface area contributed by atoms with Crippen molar-refractivity contribution in [2.45, 2.75) is 25.3 Å². The van der Waals surface area contributed by atoms with Crippen LogP contribution in [0.2, 0.25) is 5.02 Å². The van der Waals surface area contributed by atoms with Crippen molar-refractivity contribution >= 4 is 42.3 Å². The van der Waals surface area contributed by atoms with Gasteiger partial charge in [-0.15, -0.1) is 24.8 Å². The lowest BCUT2D eigenvalue weighted by atomic mass is 9.77. The van der Waals surface area contributed by atoms with Crippen LogP contribution in [0, 0.1) is 5.41 Å². The Morgan fingerprint density at radius 2 is 1.92 bits per heavy atom. The van der Waals surface area contributed by atoms with Gasteiger partial charge in [0.2, 0.25) is 5.91 Å². The number of likely N-dealkylation sites (tertiary alicyclic amines) is 1. The molecule has 0 saturated carbocycles. The minimum absolute atomic E-state index is 0. The van der Waals surface area contributed by atoms with Crippen LogP contribution in [0.4, 0.5) is 0 Å². The number of carbonyl (C=O) groups is 1. The molecule has 142 valence electrons. The van der Waals surface area contributed by atoms with Crippen LogP contribution in [-0.4, -0.2) is 56.0 Å². The van der Waals surface area contributed by atoms with Gasteiger partial charge in [-0.1, -0.05) is 23.7 Å². The van der Waals surface area contributed by atoms with Crippen molar-refractivity contribution in [2.24, 2.45) is 5.41 Å². The molecule has 2 saturated heterocycles. The van der Waals surface area contributed by atoms with Crippen molar-refractivity contribution in [3.05, 3.63) is 34.9 Å². The Morgan fingerprint density at radius 1 is 1.24 bits per heavy atom. The van der Waals surface area contributed by atoms with Gasteiger partial charge in [0.05, 0.1) is 0 Å². The highest BCUT2D eigenvalue weighted by molar-refractivity contribution is 6.30. The second-order valence-electron chi connectivity index (χ2n) is 7.17. The number of nitrogens with zero attached hydrogens (tertiary/aromatic N) is 2. The summed E-state index contributed by atoms with van der Waals surface area (Å²) in [4.78, 5) is 17.1. The highest BCUT2D eigenvalue weighted by Crippen LogP contribution is 2.37. The van der Waals surface area contributed by atoms with Crippen LogP contribution in [0.15, 0.2) is 24.3 Å². The van der Waals surface area contributed by atoms with Gasteiger partial charge in [-0.05, 0) is 63.0 Å². The zero-order chi connectivity index (χ0) is 16.4. The van der Waals surface area contributed by atoms with Crippen molar-refractivity contribution in [3.63, 3.8) is 0 Å². The Hall–Kier alpha value is -0.520. The first-order chi connectivity index (χ1) is 11.0. The van der Waals surface area contributed by atoms with Crippen LogP contribution >= 0.6 is 36.4 Å². The average Bonchev–Trinajstić information content (AvgIpc) is 2.96. The fraction of sp³-hybridized carbons (Fsp3) is 0.611. The summed E-state index contributed by atoms with van der Waals surface area (Å²) in [5.74, 6) is 0.193. The monoisotopic (exact) mass is 407 g/mol. The van der Waals surface area contributed by atoms with E-state index in [4.69, 9.17) is 11.6 Å². The molecule has 1 spiro atoms. The van der Waals surface area contributed by atoms with E-state index in [0.717, 1.165) is 44.6 Å². The highest BCUT2D eigenvalue weighted by Gasteiger charge is 2.39. The molecule has 0 aromatic heterocycles. The molecule has 7 heteroatoms. The zero-order valence-electron chi connectivity index (χ0n) is 14.8. The Morgan fingerprint density at radius 3 is 2.44 bits per heavy atom. The molecule has 2 aliphatic rings. The molecule has 3 rings (SSSR count). The zero-order valence-corrected chi connectivity index (χ0v) is 17.2. The molecule has 1 atom stereocenters. The normalized spacial score (nSPS) is 20.1. The van der Waals surface area contributed by atoms with Gasteiger partial charge in [-0.3, -0.25) is 9.69 Å². The molecule has 4 nitrogen and oxygen atoms in total. The molecule has 1 amide bonds. The molecule has 1 N–H and O–H groups in total. The van der Waals surface area contributed by atoms with Crippen molar-refractivity contribution < 1.29 is 4.79 Å². The molecule has 1 unspecified atom stereocenters. The number of benzene rings is 1. The molecule has 2 fully saturated rings. The van der Waals surface area contributed by atoms with Gasteiger partial charge < -0.3 is 10.2 Å². The van der Waals surface area contributed by atoms with Gasteiger partial charge in [0.25, 0.3) is 0 Å². The molecule has 25 heavy (non-hydrogen) atoms. The van der Waals surface area contributed by atoms with Crippen molar-refractivity contribution in [1.29, 1.82) is 0 Å². The smallest absolute Gasteiger partial charge is 0.244 e. The van der Waals surface area contributed by atoms with E-state index in [2.05, 4.69) is 5.32 Å². The number of carbonyl (C=O) groups excluding carboxylic acids is 1. The van der Waals surface area contributed by atoms with E-state index in [1.165, 1.54) is 6.42 Å². The van der Waals surface area contributed by atoms with E-state index < -0.39 is 0 Å². The van der Waals surface area contributed by atoms with Crippen LogP contribution in [0.3, 0.4) is 0 Å². The van der Waals surface area contributed by atoms with Crippen LogP contribution in [-0.2, 0) is 4.79 Å². The first kappa shape index (κ1) is 22.5. The van der Waals surface area contributed by atoms with Crippen LogP contribution in [0.25, 0.3) is 0 Å². The third-order valence-electron chi connectivity index (χ3n) is 5.38. The largest absolute Gasteiger partial charge is 0.341 e. The van der Waals surface area contributed by atoms with Gasteiger partial charge in [0.15, 0.2) is 0 Å². The van der Waals surface area contributed by atoms with Gasteiger partial charge in [0, 0.05) is 24.7 Å². The maximum Gasteiger partial charge on any atom is 0.244 e. The summed E-state index contributed by atoms with van der Waals surface area (Å²) in [5.41, 5.74) is 1.40. The molecule has 2 heterocycles. The van der Waals surface area contributed by atoms with Crippen molar-refractivity contribution in [2.75, 3.05) is 40.3 Å². The molecule has 1 aromatic carbocycles. The maximum absolute atomic E-state index is 13.1. The summed E-state index contributed by atoms with van der Waals surface area (Å²) in [6.45, 7) is 3.97. The summed E-state index contributed by atoms with van der Waals surface area (Å²) in [6.07, 6.45) is 3.48. The molecule has 0 radical (unpaired) electrons. The van der Waals surface area contributed by atoms with E-state index in [1.54, 1.807) is 0 Å². The maximum atomic E-state index is 13.1. The lowest BCUT2D eigenvalue weighted by molar-refractivity contribution is -0.138. The predicted molar refractivity (Wildman–Crippen MR) is 108 cm³/mol. The van der Waals surface area contributed by atoms with Crippen molar-refractivity contribution in [3.8, 4) is 0 Å². The van der Waals surface area contributed by atoms with Gasteiger partial charge >= 0.3 is 0 Å². The fourth-order valence-corrected chi connectivity index (χ4v) is 4.13. The van der Waals surface area contributed by atoms with E-state index in [-0.39, 0.29) is 36.8 Å². The van der Waals surface area contributed by atoms with Gasteiger partial charge in [0.1, 0.15) is 6.04 Å². The SMILES string of the molecule is CN(C)C(C(=O)N1CCC2(CCNC2)CC1)c1cccc(Cl)c1.Cl.Cl. The standard InChI is InChI=1S/C18H26ClN3O.2ClH/c1-21(2)16(14-4-3-5-15(19)12-14)17(23)22-10-7-18(8-11-22)6-9-20-13-18;;/h3-5,12,16,20H,6-11,13H2,1-2H3;2*1H.